The van der Waals surface area contributed by atoms with Crippen LogP contribution in [0.25, 0.3) is 0 Å². The summed E-state index contributed by atoms with van der Waals surface area (Å²) in [5.41, 5.74) is 1.74. The number of amides is 1. The number of hydrogen-bond acceptors (Lipinski definition) is 6. The van der Waals surface area contributed by atoms with Crippen molar-refractivity contribution in [3.8, 4) is 17.2 Å². The average Bonchev–Trinajstić information content (AvgIpc) is 2.68. The van der Waals surface area contributed by atoms with E-state index in [2.05, 4.69) is 21.2 Å². The molecular formula is C20H22BrNO6. The Balaban J connectivity index is 1.83. The van der Waals surface area contributed by atoms with Crippen LogP contribution in [-0.2, 0) is 16.0 Å². The minimum Gasteiger partial charge on any atom is -0.506 e. The summed E-state index contributed by atoms with van der Waals surface area (Å²) in [4.78, 5) is 24.0. The van der Waals surface area contributed by atoms with Crippen LogP contribution in [0.2, 0.25) is 0 Å². The molecule has 8 heteroatoms. The Morgan fingerprint density at radius 2 is 1.82 bits per heavy atom. The summed E-state index contributed by atoms with van der Waals surface area (Å²) in [5.74, 6) is -0.168. The molecule has 0 atom stereocenters. The van der Waals surface area contributed by atoms with E-state index >= 15 is 0 Å². The van der Waals surface area contributed by atoms with Gasteiger partial charge in [0.15, 0.2) is 18.1 Å². The summed E-state index contributed by atoms with van der Waals surface area (Å²) in [6, 6.07) is 8.68. The molecule has 2 aromatic rings. The van der Waals surface area contributed by atoms with E-state index in [4.69, 9.17) is 14.2 Å². The molecule has 0 saturated heterocycles. The minimum absolute atomic E-state index is 0.00463. The van der Waals surface area contributed by atoms with E-state index < -0.39 is 18.5 Å². The fourth-order valence-corrected chi connectivity index (χ4v) is 3.11. The molecule has 2 aromatic carbocycles. The van der Waals surface area contributed by atoms with Crippen molar-refractivity contribution in [1.82, 2.24) is 5.32 Å². The highest BCUT2D eigenvalue weighted by Crippen LogP contribution is 2.30. The number of phenols is 1. The largest absolute Gasteiger partial charge is 0.506 e. The Kier molecular flexibility index (Phi) is 7.69. The fourth-order valence-electron chi connectivity index (χ4n) is 2.53. The van der Waals surface area contributed by atoms with Crippen LogP contribution in [0, 0.1) is 6.92 Å². The SMILES string of the molecule is COc1ccc(CCNC(=O)COC(=O)c2cc(C)cc(Br)c2O)cc1OC. The number of nitrogens with one attached hydrogen (secondary N) is 1. The van der Waals surface area contributed by atoms with Crippen molar-refractivity contribution in [1.29, 1.82) is 0 Å². The van der Waals surface area contributed by atoms with Gasteiger partial charge in [0, 0.05) is 6.54 Å². The van der Waals surface area contributed by atoms with E-state index in [1.807, 2.05) is 12.1 Å². The quantitative estimate of drug-likeness (QED) is 0.599. The van der Waals surface area contributed by atoms with E-state index in [1.165, 1.54) is 6.07 Å². The zero-order valence-corrected chi connectivity index (χ0v) is 17.5. The standard InChI is InChI=1S/C20H22BrNO6/c1-12-8-14(19(24)15(21)9-12)20(25)28-11-18(23)22-7-6-13-4-5-16(26-2)17(10-13)27-3/h4-5,8-10,24H,6-7,11H2,1-3H3,(H,22,23). The van der Waals surface area contributed by atoms with Gasteiger partial charge in [-0.05, 0) is 64.7 Å². The highest BCUT2D eigenvalue weighted by Gasteiger charge is 2.17. The van der Waals surface area contributed by atoms with E-state index in [0.717, 1.165) is 11.1 Å². The third-order valence-corrected chi connectivity index (χ3v) is 4.55. The Morgan fingerprint density at radius 3 is 2.50 bits per heavy atom. The van der Waals surface area contributed by atoms with Gasteiger partial charge in [0.2, 0.25) is 0 Å². The molecule has 1 amide bonds. The number of carbonyl (C=O) groups excluding carboxylic acids is 2. The van der Waals surface area contributed by atoms with Crippen LogP contribution >= 0.6 is 15.9 Å². The lowest BCUT2D eigenvalue weighted by Crippen LogP contribution is -2.30. The van der Waals surface area contributed by atoms with Gasteiger partial charge in [0.25, 0.3) is 5.91 Å². The van der Waals surface area contributed by atoms with E-state index in [1.54, 1.807) is 33.3 Å². The molecule has 150 valence electrons. The lowest BCUT2D eigenvalue weighted by atomic mass is 10.1. The Morgan fingerprint density at radius 1 is 1.11 bits per heavy atom. The molecule has 28 heavy (non-hydrogen) atoms. The van der Waals surface area contributed by atoms with Crippen molar-refractivity contribution in [2.75, 3.05) is 27.4 Å². The molecule has 0 saturated carbocycles. The maximum Gasteiger partial charge on any atom is 0.342 e. The van der Waals surface area contributed by atoms with Crippen LogP contribution in [-0.4, -0.2) is 44.4 Å². The smallest absolute Gasteiger partial charge is 0.342 e. The van der Waals surface area contributed by atoms with Crippen molar-refractivity contribution in [3.05, 3.63) is 51.5 Å². The number of hydrogen-bond donors (Lipinski definition) is 2. The average molecular weight is 452 g/mol. The Hall–Kier alpha value is -2.74. The molecule has 0 aromatic heterocycles. The second kappa shape index (κ2) is 9.98. The van der Waals surface area contributed by atoms with Gasteiger partial charge in [0.05, 0.1) is 18.7 Å². The topological polar surface area (TPSA) is 94.1 Å². The summed E-state index contributed by atoms with van der Waals surface area (Å²) < 4.78 is 15.8. The number of phenolic OH excluding ortho intramolecular Hbond substituents is 1. The van der Waals surface area contributed by atoms with Gasteiger partial charge in [-0.3, -0.25) is 4.79 Å². The number of carbonyl (C=O) groups is 2. The summed E-state index contributed by atoms with van der Waals surface area (Å²) in [5, 5.41) is 12.6. The molecule has 7 nitrogen and oxygen atoms in total. The van der Waals surface area contributed by atoms with Crippen molar-refractivity contribution >= 4 is 27.8 Å². The highest BCUT2D eigenvalue weighted by atomic mass is 79.9. The van der Waals surface area contributed by atoms with E-state index in [0.29, 0.717) is 28.9 Å². The molecule has 0 aliphatic heterocycles. The third-order valence-electron chi connectivity index (χ3n) is 3.95. The molecule has 2 rings (SSSR count). The molecule has 0 bridgehead atoms. The Bertz CT molecular complexity index is 868. The van der Waals surface area contributed by atoms with Gasteiger partial charge < -0.3 is 24.6 Å². The maximum atomic E-state index is 12.1. The van der Waals surface area contributed by atoms with Crippen molar-refractivity contribution in [2.45, 2.75) is 13.3 Å². The van der Waals surface area contributed by atoms with Gasteiger partial charge >= 0.3 is 5.97 Å². The predicted molar refractivity (Wildman–Crippen MR) is 107 cm³/mol. The zero-order chi connectivity index (χ0) is 20.7. The molecule has 0 aliphatic carbocycles. The zero-order valence-electron chi connectivity index (χ0n) is 15.9. The fraction of sp³-hybridized carbons (Fsp3) is 0.300. The Labute approximate surface area is 171 Å². The monoisotopic (exact) mass is 451 g/mol. The lowest BCUT2D eigenvalue weighted by molar-refractivity contribution is -0.124. The number of methoxy groups -OCH3 is 2. The van der Waals surface area contributed by atoms with E-state index in [9.17, 15) is 14.7 Å². The molecule has 0 radical (unpaired) electrons. The van der Waals surface area contributed by atoms with Gasteiger partial charge in [0.1, 0.15) is 11.3 Å². The van der Waals surface area contributed by atoms with Crippen LogP contribution in [0.3, 0.4) is 0 Å². The molecule has 2 N–H and O–H groups in total. The summed E-state index contributed by atoms with van der Waals surface area (Å²) in [7, 11) is 3.12. The number of halogens is 1. The predicted octanol–water partition coefficient (Wildman–Crippen LogP) is 3.00. The highest BCUT2D eigenvalue weighted by molar-refractivity contribution is 9.10. The molecule has 0 spiro atoms. The summed E-state index contributed by atoms with van der Waals surface area (Å²) >= 11 is 3.17. The first-order valence-corrected chi connectivity index (χ1v) is 9.28. The first-order chi connectivity index (χ1) is 13.3. The molecular weight excluding hydrogens is 430 g/mol. The molecule has 0 fully saturated rings. The van der Waals surface area contributed by atoms with Gasteiger partial charge in [-0.15, -0.1) is 0 Å². The first kappa shape index (κ1) is 21.6. The second-order valence-corrected chi connectivity index (χ2v) is 6.86. The van der Waals surface area contributed by atoms with Crippen LogP contribution < -0.4 is 14.8 Å². The number of aryl methyl sites for hydroxylation is 1. The maximum absolute atomic E-state index is 12.1. The molecule has 0 aliphatic rings. The van der Waals surface area contributed by atoms with Crippen LogP contribution in [0.4, 0.5) is 0 Å². The second-order valence-electron chi connectivity index (χ2n) is 6.01. The lowest BCUT2D eigenvalue weighted by Gasteiger charge is -2.11. The van der Waals surface area contributed by atoms with E-state index in [-0.39, 0.29) is 11.3 Å². The van der Waals surface area contributed by atoms with Crippen molar-refractivity contribution in [2.24, 2.45) is 0 Å². The van der Waals surface area contributed by atoms with Crippen LogP contribution in [0.15, 0.2) is 34.8 Å². The number of aromatic hydroxyl groups is 1. The molecule has 0 unspecified atom stereocenters. The minimum atomic E-state index is -0.767. The van der Waals surface area contributed by atoms with Gasteiger partial charge in [-0.25, -0.2) is 4.79 Å². The van der Waals surface area contributed by atoms with Gasteiger partial charge in [-0.1, -0.05) is 6.07 Å². The summed E-state index contributed by atoms with van der Waals surface area (Å²) in [6.45, 7) is 1.71. The van der Waals surface area contributed by atoms with Crippen LogP contribution in [0.5, 0.6) is 17.2 Å². The van der Waals surface area contributed by atoms with Crippen LogP contribution in [0.1, 0.15) is 21.5 Å². The van der Waals surface area contributed by atoms with Crippen molar-refractivity contribution < 1.29 is 28.9 Å². The summed E-state index contributed by atoms with van der Waals surface area (Å²) in [6.07, 6.45) is 0.575. The normalized spacial score (nSPS) is 10.3. The first-order valence-electron chi connectivity index (χ1n) is 8.49. The number of esters is 1. The van der Waals surface area contributed by atoms with Crippen molar-refractivity contribution in [3.63, 3.8) is 0 Å². The molecule has 0 heterocycles. The number of rotatable bonds is 8. The number of benzene rings is 2. The number of ether oxygens (including phenoxy) is 3. The van der Waals surface area contributed by atoms with Gasteiger partial charge in [-0.2, -0.15) is 0 Å². The third kappa shape index (κ3) is 5.63.